The minimum absolute atomic E-state index is 0.458. The summed E-state index contributed by atoms with van der Waals surface area (Å²) in [5, 5.41) is 12.3. The molecular formula is C27H27N9O. The van der Waals surface area contributed by atoms with E-state index in [1.807, 2.05) is 29.1 Å². The van der Waals surface area contributed by atoms with E-state index >= 15 is 0 Å². The fraction of sp³-hybridized carbons (Fsp3) is 0.296. The van der Waals surface area contributed by atoms with Gasteiger partial charge in [0.25, 0.3) is 0 Å². The van der Waals surface area contributed by atoms with Crippen molar-refractivity contribution in [3.05, 3.63) is 72.7 Å². The van der Waals surface area contributed by atoms with Crippen molar-refractivity contribution >= 4 is 17.5 Å². The standard InChI is InChI=1S/C27H27N9O/c1-2-19(3-1)11-28-12-20-4-5-26-31-22(16-34(26)15-20)17-35-18-25(32-33-35)21-10-23(14-29-13-21)36-8-6-24-27(36)37-9-7-30-24/h4-8,10,13-16,18-19,28H,1-3,9,11-12,17H2. The molecule has 5 aromatic rings. The first-order chi connectivity index (χ1) is 18.3. The Labute approximate surface area is 213 Å². The predicted molar refractivity (Wildman–Crippen MR) is 140 cm³/mol. The van der Waals surface area contributed by atoms with Crippen LogP contribution in [0.15, 0.2) is 66.4 Å². The van der Waals surface area contributed by atoms with Gasteiger partial charge in [0.1, 0.15) is 23.6 Å². The highest BCUT2D eigenvalue weighted by atomic mass is 16.5. The molecule has 7 rings (SSSR count). The molecule has 6 heterocycles. The van der Waals surface area contributed by atoms with Gasteiger partial charge in [-0.25, -0.2) is 9.67 Å². The number of aromatic nitrogens is 7. The highest BCUT2D eigenvalue weighted by molar-refractivity contribution is 5.71. The predicted octanol–water partition coefficient (Wildman–Crippen LogP) is 3.81. The Hall–Kier alpha value is -4.31. The van der Waals surface area contributed by atoms with Crippen LogP contribution >= 0.6 is 0 Å². The average Bonchev–Trinajstić information content (AvgIpc) is 3.63. The first kappa shape index (κ1) is 21.9. The topological polar surface area (TPSA) is 99.5 Å². The van der Waals surface area contributed by atoms with Gasteiger partial charge in [-0.2, -0.15) is 0 Å². The number of hydrogen-bond acceptors (Lipinski definition) is 7. The Morgan fingerprint density at radius 2 is 2.05 bits per heavy atom. The number of hydrogen-bond donors (Lipinski definition) is 1. The zero-order chi connectivity index (χ0) is 24.6. The summed E-state index contributed by atoms with van der Waals surface area (Å²) in [7, 11) is 0. The minimum atomic E-state index is 0.458. The van der Waals surface area contributed by atoms with E-state index in [1.54, 1.807) is 23.3 Å². The molecule has 0 unspecified atom stereocenters. The van der Waals surface area contributed by atoms with Crippen LogP contribution < -0.4 is 10.1 Å². The van der Waals surface area contributed by atoms with Gasteiger partial charge in [-0.1, -0.05) is 17.7 Å². The zero-order valence-electron chi connectivity index (χ0n) is 20.4. The van der Waals surface area contributed by atoms with Crippen molar-refractivity contribution in [2.75, 3.05) is 13.2 Å². The Morgan fingerprint density at radius 1 is 1.08 bits per heavy atom. The Kier molecular flexibility index (Phi) is 5.51. The normalized spacial score (nSPS) is 15.0. The lowest BCUT2D eigenvalue weighted by atomic mass is 9.85. The third kappa shape index (κ3) is 4.40. The van der Waals surface area contributed by atoms with Crippen LogP contribution in [0, 0.1) is 5.92 Å². The van der Waals surface area contributed by atoms with Gasteiger partial charge in [-0.05, 0) is 49.1 Å². The average molecular weight is 494 g/mol. The van der Waals surface area contributed by atoms with E-state index < -0.39 is 0 Å². The summed E-state index contributed by atoms with van der Waals surface area (Å²) in [6.07, 6.45) is 17.5. The lowest BCUT2D eigenvalue weighted by Crippen LogP contribution is -2.26. The fourth-order valence-electron chi connectivity index (χ4n) is 4.87. The van der Waals surface area contributed by atoms with Crippen LogP contribution in [-0.2, 0) is 13.1 Å². The molecule has 10 heteroatoms. The summed E-state index contributed by atoms with van der Waals surface area (Å²) in [6, 6.07) is 8.17. The molecule has 1 saturated carbocycles. The van der Waals surface area contributed by atoms with Gasteiger partial charge in [-0.3, -0.25) is 14.5 Å². The van der Waals surface area contributed by atoms with E-state index in [4.69, 9.17) is 9.72 Å². The number of aliphatic imine (C=N–C) groups is 1. The smallest absolute Gasteiger partial charge is 0.225 e. The molecule has 1 aliphatic carbocycles. The number of nitrogens with one attached hydrogen (secondary N) is 1. The van der Waals surface area contributed by atoms with Gasteiger partial charge in [0.05, 0.1) is 30.3 Å². The number of nitrogens with zero attached hydrogens (tertiary/aromatic N) is 8. The second kappa shape index (κ2) is 9.29. The summed E-state index contributed by atoms with van der Waals surface area (Å²) < 4.78 is 11.6. The Morgan fingerprint density at radius 3 is 2.97 bits per heavy atom. The maximum atomic E-state index is 5.77. The lowest BCUT2D eigenvalue weighted by molar-refractivity contribution is 0.301. The van der Waals surface area contributed by atoms with Crippen molar-refractivity contribution in [1.82, 2.24) is 39.2 Å². The van der Waals surface area contributed by atoms with E-state index in [0.717, 1.165) is 53.0 Å². The van der Waals surface area contributed by atoms with E-state index in [9.17, 15) is 0 Å². The Balaban J connectivity index is 1.06. The van der Waals surface area contributed by atoms with Crippen molar-refractivity contribution in [3.8, 4) is 22.8 Å². The van der Waals surface area contributed by atoms with Gasteiger partial charge in [0.15, 0.2) is 0 Å². The molecule has 10 nitrogen and oxygen atoms in total. The number of ether oxygens (including phenoxy) is 1. The molecule has 0 aromatic carbocycles. The molecule has 5 aromatic heterocycles. The highest BCUT2D eigenvalue weighted by Gasteiger charge is 2.17. The van der Waals surface area contributed by atoms with Gasteiger partial charge in [0.2, 0.25) is 5.88 Å². The van der Waals surface area contributed by atoms with Gasteiger partial charge >= 0.3 is 0 Å². The molecule has 0 atom stereocenters. The maximum absolute atomic E-state index is 5.77. The van der Waals surface area contributed by atoms with Crippen LogP contribution in [0.1, 0.15) is 30.5 Å². The molecular weight excluding hydrogens is 466 g/mol. The number of pyridine rings is 2. The molecule has 0 bridgehead atoms. The van der Waals surface area contributed by atoms with Crippen LogP contribution in [0.4, 0.5) is 5.69 Å². The van der Waals surface area contributed by atoms with Gasteiger partial charge in [0, 0.05) is 43.1 Å². The summed E-state index contributed by atoms with van der Waals surface area (Å²) in [5.41, 5.74) is 6.43. The van der Waals surface area contributed by atoms with Crippen molar-refractivity contribution in [2.24, 2.45) is 10.9 Å². The van der Waals surface area contributed by atoms with E-state index in [1.165, 1.54) is 24.8 Å². The van der Waals surface area contributed by atoms with E-state index in [2.05, 4.69) is 54.5 Å². The molecule has 0 spiro atoms. The molecule has 2 aliphatic rings. The Bertz CT molecular complexity index is 1590. The monoisotopic (exact) mass is 493 g/mol. The van der Waals surface area contributed by atoms with Crippen LogP contribution in [0.5, 0.6) is 5.88 Å². The zero-order valence-corrected chi connectivity index (χ0v) is 20.4. The third-order valence-electron chi connectivity index (χ3n) is 7.05. The second-order valence-electron chi connectivity index (χ2n) is 9.69. The lowest BCUT2D eigenvalue weighted by Gasteiger charge is -2.25. The summed E-state index contributed by atoms with van der Waals surface area (Å²) >= 11 is 0. The van der Waals surface area contributed by atoms with Crippen LogP contribution in [-0.4, -0.2) is 53.3 Å². The minimum Gasteiger partial charge on any atom is -0.471 e. The summed E-state index contributed by atoms with van der Waals surface area (Å²) in [5.74, 6) is 1.58. The fourth-order valence-corrected chi connectivity index (χ4v) is 4.87. The third-order valence-corrected chi connectivity index (χ3v) is 7.05. The highest BCUT2D eigenvalue weighted by Crippen LogP contribution is 2.34. The molecule has 1 aliphatic heterocycles. The van der Waals surface area contributed by atoms with Crippen LogP contribution in [0.25, 0.3) is 22.6 Å². The van der Waals surface area contributed by atoms with E-state index in [-0.39, 0.29) is 0 Å². The van der Waals surface area contributed by atoms with Gasteiger partial charge in [-0.15, -0.1) is 5.10 Å². The first-order valence-electron chi connectivity index (χ1n) is 12.7. The van der Waals surface area contributed by atoms with Crippen LogP contribution in [0.3, 0.4) is 0 Å². The summed E-state index contributed by atoms with van der Waals surface area (Å²) in [6.45, 7) is 2.98. The molecule has 0 saturated heterocycles. The van der Waals surface area contributed by atoms with Crippen molar-refractivity contribution < 1.29 is 4.74 Å². The van der Waals surface area contributed by atoms with Crippen LogP contribution in [0.2, 0.25) is 0 Å². The summed E-state index contributed by atoms with van der Waals surface area (Å²) in [4.78, 5) is 13.6. The maximum Gasteiger partial charge on any atom is 0.225 e. The SMILES string of the molecule is C1=Nc2ccn(-c3cncc(-c4cn(Cc5cn6cc(CNCC7CCC7)ccc6n5)nn4)c3)c2OC1. The number of rotatable bonds is 8. The quantitative estimate of drug-likeness (QED) is 0.353. The van der Waals surface area contributed by atoms with Gasteiger partial charge < -0.3 is 14.5 Å². The van der Waals surface area contributed by atoms with Crippen molar-refractivity contribution in [3.63, 3.8) is 0 Å². The molecule has 0 radical (unpaired) electrons. The molecule has 0 amide bonds. The number of fused-ring (bicyclic) bond motifs is 2. The largest absolute Gasteiger partial charge is 0.471 e. The van der Waals surface area contributed by atoms with Crippen molar-refractivity contribution in [2.45, 2.75) is 32.4 Å². The number of imidazole rings is 1. The molecule has 1 fully saturated rings. The first-order valence-corrected chi connectivity index (χ1v) is 12.7. The van der Waals surface area contributed by atoms with Crippen molar-refractivity contribution in [1.29, 1.82) is 0 Å². The molecule has 1 N–H and O–H groups in total. The second-order valence-corrected chi connectivity index (χ2v) is 9.69. The van der Waals surface area contributed by atoms with E-state index in [0.29, 0.717) is 19.0 Å². The molecule has 37 heavy (non-hydrogen) atoms. The molecule has 186 valence electrons.